The van der Waals surface area contributed by atoms with Crippen molar-refractivity contribution in [3.05, 3.63) is 0 Å². The highest BCUT2D eigenvalue weighted by Crippen LogP contribution is 2.19. The third kappa shape index (κ3) is 10.4. The van der Waals surface area contributed by atoms with Crippen LogP contribution in [0, 0.1) is 0 Å². The molecule has 15 heavy (non-hydrogen) atoms. The molecule has 0 saturated carbocycles. The molecule has 0 fully saturated rings. The van der Waals surface area contributed by atoms with E-state index in [2.05, 4.69) is 30.7 Å². The van der Waals surface area contributed by atoms with Gasteiger partial charge in [0.2, 0.25) is 5.91 Å². The Labute approximate surface area is 104 Å². The van der Waals surface area contributed by atoms with Crippen LogP contribution in [0.25, 0.3) is 0 Å². The Kier molecular flexibility index (Phi) is 10.8. The van der Waals surface area contributed by atoms with Crippen molar-refractivity contribution in [1.82, 2.24) is 10.6 Å². The van der Waals surface area contributed by atoms with Gasteiger partial charge in [0.15, 0.2) is 0 Å². The number of thioether (sulfide) groups is 1. The first-order chi connectivity index (χ1) is 6.52. The van der Waals surface area contributed by atoms with Crippen LogP contribution in [-0.4, -0.2) is 37.0 Å². The molecule has 0 unspecified atom stereocenters. The molecule has 5 heteroatoms. The molecule has 0 heterocycles. The zero-order valence-electron chi connectivity index (χ0n) is 10.1. The van der Waals surface area contributed by atoms with Crippen LogP contribution >= 0.6 is 24.2 Å². The van der Waals surface area contributed by atoms with Crippen molar-refractivity contribution < 1.29 is 4.79 Å². The maximum absolute atomic E-state index is 11.3. The average molecular weight is 255 g/mol. The van der Waals surface area contributed by atoms with Crippen LogP contribution in [0.4, 0.5) is 0 Å². The van der Waals surface area contributed by atoms with Gasteiger partial charge in [-0.05, 0) is 40.1 Å². The molecule has 0 bridgehead atoms. The Balaban J connectivity index is 0. The lowest BCUT2D eigenvalue weighted by atomic mass is 10.2. The van der Waals surface area contributed by atoms with Gasteiger partial charge in [0, 0.05) is 17.7 Å². The normalized spacial score (nSPS) is 10.7. The molecule has 0 aliphatic carbocycles. The van der Waals surface area contributed by atoms with Gasteiger partial charge in [-0.15, -0.1) is 12.4 Å². The summed E-state index contributed by atoms with van der Waals surface area (Å²) in [5, 5.41) is 5.97. The summed E-state index contributed by atoms with van der Waals surface area (Å²) in [5.41, 5.74) is 0. The van der Waals surface area contributed by atoms with Crippen molar-refractivity contribution in [2.24, 2.45) is 0 Å². The molecular weight excluding hydrogens is 232 g/mol. The lowest BCUT2D eigenvalue weighted by molar-refractivity contribution is -0.121. The molecule has 0 aromatic carbocycles. The molecule has 0 radical (unpaired) electrons. The monoisotopic (exact) mass is 254 g/mol. The predicted molar refractivity (Wildman–Crippen MR) is 71.0 cm³/mol. The molecule has 0 aliphatic heterocycles. The van der Waals surface area contributed by atoms with E-state index in [9.17, 15) is 4.79 Å². The fourth-order valence-electron chi connectivity index (χ4n) is 0.898. The molecule has 1 amide bonds. The van der Waals surface area contributed by atoms with Crippen LogP contribution in [-0.2, 0) is 4.79 Å². The third-order valence-corrected chi connectivity index (χ3v) is 3.34. The summed E-state index contributed by atoms with van der Waals surface area (Å²) in [5.74, 6) is 0.155. The van der Waals surface area contributed by atoms with Gasteiger partial charge in [0.25, 0.3) is 0 Å². The van der Waals surface area contributed by atoms with Gasteiger partial charge in [-0.2, -0.15) is 11.8 Å². The minimum atomic E-state index is 0. The highest BCUT2D eigenvalue weighted by Gasteiger charge is 2.16. The van der Waals surface area contributed by atoms with Crippen LogP contribution < -0.4 is 10.6 Å². The Morgan fingerprint density at radius 3 is 2.47 bits per heavy atom. The van der Waals surface area contributed by atoms with Crippen LogP contribution in [0.1, 0.15) is 26.7 Å². The summed E-state index contributed by atoms with van der Waals surface area (Å²) in [7, 11) is 1.90. The van der Waals surface area contributed by atoms with Crippen molar-refractivity contribution in [2.45, 2.75) is 31.4 Å². The second-order valence-electron chi connectivity index (χ2n) is 3.95. The number of carbonyl (C=O) groups excluding carboxylic acids is 1. The molecule has 0 aromatic rings. The van der Waals surface area contributed by atoms with E-state index >= 15 is 0 Å². The Bertz CT molecular complexity index is 177. The van der Waals surface area contributed by atoms with Crippen LogP contribution in [0.2, 0.25) is 0 Å². The summed E-state index contributed by atoms with van der Waals surface area (Å²) < 4.78 is 0.138. The molecule has 2 N–H and O–H groups in total. The van der Waals surface area contributed by atoms with E-state index in [1.165, 1.54) is 0 Å². The quantitative estimate of drug-likeness (QED) is 0.679. The number of hydrogen-bond acceptors (Lipinski definition) is 3. The largest absolute Gasteiger partial charge is 0.355 e. The SMILES string of the molecule is CNCCCC(=O)NCC(C)(C)SC.Cl. The maximum atomic E-state index is 11.3. The second kappa shape index (κ2) is 9.31. The van der Waals surface area contributed by atoms with E-state index in [-0.39, 0.29) is 23.1 Å². The van der Waals surface area contributed by atoms with Gasteiger partial charge >= 0.3 is 0 Å². The zero-order chi connectivity index (χ0) is 11.0. The highest BCUT2D eigenvalue weighted by molar-refractivity contribution is 7.99. The van der Waals surface area contributed by atoms with E-state index in [0.717, 1.165) is 19.5 Å². The summed E-state index contributed by atoms with van der Waals surface area (Å²) in [6.07, 6.45) is 3.58. The number of amides is 1. The first-order valence-corrected chi connectivity index (χ1v) is 6.21. The van der Waals surface area contributed by atoms with Gasteiger partial charge in [0.1, 0.15) is 0 Å². The van der Waals surface area contributed by atoms with E-state index in [0.29, 0.717) is 6.42 Å². The van der Waals surface area contributed by atoms with Gasteiger partial charge in [-0.1, -0.05) is 0 Å². The molecule has 0 rings (SSSR count). The van der Waals surface area contributed by atoms with E-state index in [1.807, 2.05) is 7.05 Å². The van der Waals surface area contributed by atoms with E-state index < -0.39 is 0 Å². The number of halogens is 1. The molecule has 3 nitrogen and oxygen atoms in total. The fraction of sp³-hybridized carbons (Fsp3) is 0.900. The van der Waals surface area contributed by atoms with Gasteiger partial charge in [0.05, 0.1) is 0 Å². The van der Waals surface area contributed by atoms with Crippen molar-refractivity contribution >= 4 is 30.1 Å². The second-order valence-corrected chi connectivity index (χ2v) is 5.46. The Morgan fingerprint density at radius 2 is 2.00 bits per heavy atom. The van der Waals surface area contributed by atoms with E-state index in [1.54, 1.807) is 11.8 Å². The van der Waals surface area contributed by atoms with Crippen molar-refractivity contribution in [3.63, 3.8) is 0 Å². The topological polar surface area (TPSA) is 41.1 Å². The predicted octanol–water partition coefficient (Wildman–Crippen LogP) is 1.67. The minimum absolute atomic E-state index is 0. The summed E-state index contributed by atoms with van der Waals surface area (Å²) in [4.78, 5) is 11.3. The third-order valence-electron chi connectivity index (χ3n) is 2.09. The minimum Gasteiger partial charge on any atom is -0.355 e. The fourth-order valence-corrected chi connectivity index (χ4v) is 1.11. The number of nitrogens with one attached hydrogen (secondary N) is 2. The number of hydrogen-bond donors (Lipinski definition) is 2. The van der Waals surface area contributed by atoms with Gasteiger partial charge in [-0.3, -0.25) is 4.79 Å². The molecule has 0 atom stereocenters. The molecule has 0 aromatic heterocycles. The molecule has 92 valence electrons. The first-order valence-electron chi connectivity index (χ1n) is 4.98. The first kappa shape index (κ1) is 17.5. The summed E-state index contributed by atoms with van der Waals surface area (Å²) >= 11 is 1.77. The maximum Gasteiger partial charge on any atom is 0.220 e. The highest BCUT2D eigenvalue weighted by atomic mass is 35.5. The Morgan fingerprint density at radius 1 is 1.40 bits per heavy atom. The van der Waals surface area contributed by atoms with Crippen LogP contribution in [0.15, 0.2) is 0 Å². The van der Waals surface area contributed by atoms with E-state index in [4.69, 9.17) is 0 Å². The number of rotatable bonds is 7. The van der Waals surface area contributed by atoms with Crippen molar-refractivity contribution in [1.29, 1.82) is 0 Å². The molecule has 0 saturated heterocycles. The smallest absolute Gasteiger partial charge is 0.220 e. The van der Waals surface area contributed by atoms with Crippen molar-refractivity contribution in [3.8, 4) is 0 Å². The average Bonchev–Trinajstić information content (AvgIpc) is 2.16. The Hall–Kier alpha value is 0.0700. The molecule has 0 aliphatic rings. The molecule has 0 spiro atoms. The lowest BCUT2D eigenvalue weighted by Gasteiger charge is -2.22. The van der Waals surface area contributed by atoms with Crippen LogP contribution in [0.5, 0.6) is 0 Å². The van der Waals surface area contributed by atoms with Gasteiger partial charge < -0.3 is 10.6 Å². The van der Waals surface area contributed by atoms with Crippen LogP contribution in [0.3, 0.4) is 0 Å². The number of carbonyl (C=O) groups is 1. The van der Waals surface area contributed by atoms with Crippen molar-refractivity contribution in [2.75, 3.05) is 26.4 Å². The lowest BCUT2D eigenvalue weighted by Crippen LogP contribution is -2.36. The summed E-state index contributed by atoms with van der Waals surface area (Å²) in [6, 6.07) is 0. The standard InChI is InChI=1S/C10H22N2OS.ClH/c1-10(2,14-4)8-12-9(13)6-5-7-11-3;/h11H,5-8H2,1-4H3,(H,12,13);1H. The van der Waals surface area contributed by atoms with Gasteiger partial charge in [-0.25, -0.2) is 0 Å². The molecular formula is C10H23ClN2OS. The zero-order valence-corrected chi connectivity index (χ0v) is 11.7. The summed E-state index contributed by atoms with van der Waals surface area (Å²) in [6.45, 7) is 5.91.